The number of esters is 1. The summed E-state index contributed by atoms with van der Waals surface area (Å²) in [5.41, 5.74) is 3.16. The number of likely N-dealkylation sites (N-methyl/N-ethyl adjacent to an activating group) is 1. The van der Waals surface area contributed by atoms with Gasteiger partial charge in [-0.3, -0.25) is 9.59 Å². The molecule has 0 bridgehead atoms. The van der Waals surface area contributed by atoms with E-state index in [4.69, 9.17) is 14.2 Å². The maximum Gasteiger partial charge on any atom is 0.309 e. The van der Waals surface area contributed by atoms with E-state index in [0.29, 0.717) is 24.5 Å². The molecule has 0 N–H and O–H groups in total. The molecule has 0 unspecified atom stereocenters. The summed E-state index contributed by atoms with van der Waals surface area (Å²) in [5.74, 6) is 1.09. The van der Waals surface area contributed by atoms with Crippen LogP contribution < -0.4 is 19.3 Å². The summed E-state index contributed by atoms with van der Waals surface area (Å²) in [7, 11) is 3.40. The van der Waals surface area contributed by atoms with E-state index >= 15 is 0 Å². The molecule has 0 saturated carbocycles. The lowest BCUT2D eigenvalue weighted by molar-refractivity contribution is -0.139. The van der Waals surface area contributed by atoms with Crippen LogP contribution in [-0.4, -0.2) is 51.8 Å². The van der Waals surface area contributed by atoms with E-state index in [-0.39, 0.29) is 24.4 Å². The first-order chi connectivity index (χ1) is 17.0. The second kappa shape index (κ2) is 11.0. The van der Waals surface area contributed by atoms with Gasteiger partial charge in [0.2, 0.25) is 0 Å². The summed E-state index contributed by atoms with van der Waals surface area (Å²) in [6.45, 7) is 3.54. The van der Waals surface area contributed by atoms with Crippen LogP contribution in [0.5, 0.6) is 11.5 Å². The molecule has 3 aromatic rings. The fourth-order valence-corrected chi connectivity index (χ4v) is 4.13. The van der Waals surface area contributed by atoms with Crippen molar-refractivity contribution >= 4 is 23.3 Å². The minimum absolute atomic E-state index is 0.0935. The van der Waals surface area contributed by atoms with Crippen molar-refractivity contribution in [3.05, 3.63) is 83.9 Å². The number of fused-ring (bicyclic) bond motifs is 1. The average Bonchev–Trinajstić information content (AvgIpc) is 2.88. The fraction of sp³-hybridized carbons (Fsp3) is 0.286. The smallest absolute Gasteiger partial charge is 0.309 e. The number of rotatable bonds is 8. The van der Waals surface area contributed by atoms with E-state index in [2.05, 4.69) is 4.90 Å². The molecule has 7 heteroatoms. The number of ether oxygens (including phenoxy) is 3. The summed E-state index contributed by atoms with van der Waals surface area (Å²) < 4.78 is 16.8. The van der Waals surface area contributed by atoms with Gasteiger partial charge in [-0.1, -0.05) is 24.3 Å². The molecule has 0 spiro atoms. The van der Waals surface area contributed by atoms with E-state index in [9.17, 15) is 9.59 Å². The Hall–Kier alpha value is -4.00. The van der Waals surface area contributed by atoms with Crippen molar-refractivity contribution in [1.29, 1.82) is 0 Å². The fourth-order valence-electron chi connectivity index (χ4n) is 4.13. The minimum atomic E-state index is -0.318. The Morgan fingerprint density at radius 1 is 1.06 bits per heavy atom. The molecule has 0 aliphatic carbocycles. The number of carbonyl (C=O) groups excluding carboxylic acids is 2. The zero-order valence-electron chi connectivity index (χ0n) is 20.3. The normalized spacial score (nSPS) is 14.5. The second-order valence-electron chi connectivity index (χ2n) is 8.40. The molecule has 0 saturated heterocycles. The highest BCUT2D eigenvalue weighted by Gasteiger charge is 2.24. The van der Waals surface area contributed by atoms with Crippen molar-refractivity contribution in [2.75, 3.05) is 43.7 Å². The molecule has 35 heavy (non-hydrogen) atoms. The Labute approximate surface area is 205 Å². The first kappa shape index (κ1) is 24.1. The van der Waals surface area contributed by atoms with Gasteiger partial charge in [0.05, 0.1) is 25.8 Å². The van der Waals surface area contributed by atoms with Crippen LogP contribution in [0.25, 0.3) is 0 Å². The number of para-hydroxylation sites is 2. The van der Waals surface area contributed by atoms with E-state index < -0.39 is 0 Å². The number of benzene rings is 3. The molecule has 0 radical (unpaired) electrons. The van der Waals surface area contributed by atoms with E-state index in [0.717, 1.165) is 29.2 Å². The number of amides is 1. The first-order valence-electron chi connectivity index (χ1n) is 11.7. The zero-order chi connectivity index (χ0) is 24.8. The topological polar surface area (TPSA) is 68.3 Å². The summed E-state index contributed by atoms with van der Waals surface area (Å²) in [4.78, 5) is 28.7. The number of anilines is 2. The van der Waals surface area contributed by atoms with Gasteiger partial charge in [0.15, 0.2) is 0 Å². The Morgan fingerprint density at radius 2 is 1.83 bits per heavy atom. The maximum atomic E-state index is 13.2. The standard InChI is InChI=1S/C28H30N2O5/c1-4-30(22-9-7-8-20(16-22)17-27(31)33-3)28(32)21-12-14-23(15-13-21)34-19-24-18-29(2)25-10-5-6-11-26(25)35-24/h5-16,24H,4,17-19H2,1-3H3/t24-/m0/s1. The van der Waals surface area contributed by atoms with Crippen molar-refractivity contribution in [3.8, 4) is 11.5 Å². The van der Waals surface area contributed by atoms with Gasteiger partial charge in [0.1, 0.15) is 24.2 Å². The van der Waals surface area contributed by atoms with Gasteiger partial charge in [-0.25, -0.2) is 0 Å². The maximum absolute atomic E-state index is 13.2. The third-order valence-corrected chi connectivity index (χ3v) is 5.94. The minimum Gasteiger partial charge on any atom is -0.490 e. The summed E-state index contributed by atoms with van der Waals surface area (Å²) in [6.07, 6.45) is 0.0675. The van der Waals surface area contributed by atoms with Crippen LogP contribution in [0.3, 0.4) is 0 Å². The molecular weight excluding hydrogens is 444 g/mol. The molecule has 1 atom stereocenters. The quantitative estimate of drug-likeness (QED) is 0.453. The Bertz CT molecular complexity index is 1180. The molecule has 7 nitrogen and oxygen atoms in total. The van der Waals surface area contributed by atoms with Gasteiger partial charge in [-0.05, 0) is 61.0 Å². The van der Waals surface area contributed by atoms with Crippen molar-refractivity contribution in [1.82, 2.24) is 0 Å². The number of hydrogen-bond acceptors (Lipinski definition) is 6. The molecule has 1 aliphatic heterocycles. The van der Waals surface area contributed by atoms with Crippen LogP contribution in [0.15, 0.2) is 72.8 Å². The summed E-state index contributed by atoms with van der Waals surface area (Å²) in [6, 6.07) is 22.5. The van der Waals surface area contributed by atoms with Crippen LogP contribution in [0.2, 0.25) is 0 Å². The summed E-state index contributed by atoms with van der Waals surface area (Å²) in [5, 5.41) is 0. The van der Waals surface area contributed by atoms with Gasteiger partial charge < -0.3 is 24.0 Å². The number of carbonyl (C=O) groups is 2. The van der Waals surface area contributed by atoms with Crippen molar-refractivity contribution in [2.24, 2.45) is 0 Å². The van der Waals surface area contributed by atoms with E-state index in [1.807, 2.05) is 62.5 Å². The molecular formula is C28H30N2O5. The summed E-state index contributed by atoms with van der Waals surface area (Å²) >= 11 is 0. The predicted molar refractivity (Wildman–Crippen MR) is 136 cm³/mol. The monoisotopic (exact) mass is 474 g/mol. The third kappa shape index (κ3) is 5.74. The van der Waals surface area contributed by atoms with Crippen LogP contribution >= 0.6 is 0 Å². The Balaban J connectivity index is 1.38. The lowest BCUT2D eigenvalue weighted by atomic mass is 10.1. The number of hydrogen-bond donors (Lipinski definition) is 0. The highest BCUT2D eigenvalue weighted by atomic mass is 16.5. The number of nitrogens with zero attached hydrogens (tertiary/aromatic N) is 2. The molecule has 0 aromatic heterocycles. The molecule has 4 rings (SSSR count). The Kier molecular flexibility index (Phi) is 7.55. The Morgan fingerprint density at radius 3 is 2.57 bits per heavy atom. The van der Waals surface area contributed by atoms with Gasteiger partial charge in [-0.15, -0.1) is 0 Å². The van der Waals surface area contributed by atoms with Gasteiger partial charge in [0.25, 0.3) is 5.91 Å². The van der Waals surface area contributed by atoms with Crippen molar-refractivity contribution in [2.45, 2.75) is 19.4 Å². The van der Waals surface area contributed by atoms with E-state index in [1.54, 1.807) is 29.2 Å². The van der Waals surface area contributed by atoms with E-state index in [1.165, 1.54) is 7.11 Å². The molecule has 3 aromatic carbocycles. The molecule has 1 aliphatic rings. The van der Waals surface area contributed by atoms with Crippen molar-refractivity contribution in [3.63, 3.8) is 0 Å². The second-order valence-corrected chi connectivity index (χ2v) is 8.40. The largest absolute Gasteiger partial charge is 0.490 e. The first-order valence-corrected chi connectivity index (χ1v) is 11.7. The average molecular weight is 475 g/mol. The lowest BCUT2D eigenvalue weighted by Gasteiger charge is -2.33. The molecule has 1 amide bonds. The highest BCUT2D eigenvalue weighted by molar-refractivity contribution is 6.06. The van der Waals surface area contributed by atoms with Crippen molar-refractivity contribution < 1.29 is 23.8 Å². The SMILES string of the molecule is CCN(C(=O)c1ccc(OC[C@@H]2CN(C)c3ccccc3O2)cc1)c1cccc(CC(=O)OC)c1. The number of methoxy groups -OCH3 is 1. The van der Waals surface area contributed by atoms with Crippen LogP contribution in [0.1, 0.15) is 22.8 Å². The van der Waals surface area contributed by atoms with Crippen LogP contribution in [0, 0.1) is 0 Å². The third-order valence-electron chi connectivity index (χ3n) is 5.94. The highest BCUT2D eigenvalue weighted by Crippen LogP contribution is 2.32. The predicted octanol–water partition coefficient (Wildman–Crippen LogP) is 4.35. The molecule has 182 valence electrons. The van der Waals surface area contributed by atoms with Crippen LogP contribution in [0.4, 0.5) is 11.4 Å². The molecule has 1 heterocycles. The molecule has 0 fully saturated rings. The van der Waals surface area contributed by atoms with Crippen LogP contribution in [-0.2, 0) is 16.0 Å². The van der Waals surface area contributed by atoms with Gasteiger partial charge in [0, 0.05) is 24.8 Å². The van der Waals surface area contributed by atoms with Gasteiger partial charge in [-0.2, -0.15) is 0 Å². The van der Waals surface area contributed by atoms with Gasteiger partial charge >= 0.3 is 5.97 Å². The lowest BCUT2D eigenvalue weighted by Crippen LogP contribution is -2.41. The zero-order valence-corrected chi connectivity index (χ0v) is 20.3.